The highest BCUT2D eigenvalue weighted by Crippen LogP contribution is 2.69. The average Bonchev–Trinajstić information content (AvgIpc) is 3.09. The van der Waals surface area contributed by atoms with Crippen LogP contribution in [-0.4, -0.2) is 28.7 Å². The minimum Gasteiger partial charge on any atom is -0.423 e. The lowest BCUT2D eigenvalue weighted by Gasteiger charge is -2.62. The van der Waals surface area contributed by atoms with E-state index in [-0.39, 0.29) is 40.7 Å². The Morgan fingerprint density at radius 3 is 2.49 bits per heavy atom. The average molecular weight is 481 g/mol. The van der Waals surface area contributed by atoms with Crippen molar-refractivity contribution in [2.45, 2.75) is 79.8 Å². The molecule has 3 aliphatic carbocycles. The van der Waals surface area contributed by atoms with Gasteiger partial charge in [0.25, 0.3) is 0 Å². The summed E-state index contributed by atoms with van der Waals surface area (Å²) >= 11 is 0. The maximum atomic E-state index is 13.4. The molecular weight excluding hydrogens is 440 g/mol. The molecule has 3 aliphatic rings. The van der Waals surface area contributed by atoms with Gasteiger partial charge in [0, 0.05) is 28.4 Å². The summed E-state index contributed by atoms with van der Waals surface area (Å²) in [4.78, 5) is 25.3. The van der Waals surface area contributed by atoms with Gasteiger partial charge in [-0.1, -0.05) is 39.0 Å². The van der Waals surface area contributed by atoms with Crippen LogP contribution < -0.4 is 5.63 Å². The predicted octanol–water partition coefficient (Wildman–Crippen LogP) is 5.39. The highest BCUT2D eigenvalue weighted by molar-refractivity contribution is 6.00. The first-order valence-corrected chi connectivity index (χ1v) is 12.9. The number of allylic oxidation sites excluding steroid dienone is 6. The van der Waals surface area contributed by atoms with Crippen LogP contribution in [0.5, 0.6) is 0 Å². The number of hydrogen-bond acceptors (Lipinski definition) is 5. The first kappa shape index (κ1) is 25.8. The Kier molecular flexibility index (Phi) is 6.65. The van der Waals surface area contributed by atoms with Crippen molar-refractivity contribution in [1.82, 2.24) is 0 Å². The standard InChI is InChI=1S/C30H40O5/c1-18(22-11-10-20(3)27(34)35-22)8-7-9-19(2)26-21(32)16-24-28(4)15-13-25(33)30(6,17-31)23(28)12-14-29(24,26)5/h7-11,23-25,31,33H,12-17H2,1-6H3/b9-7+,18-8+,26-19?/t23-,24+,25+,28+,29+,30-/m1/s1. The van der Waals surface area contributed by atoms with Gasteiger partial charge >= 0.3 is 5.63 Å². The largest absolute Gasteiger partial charge is 0.423 e. The summed E-state index contributed by atoms with van der Waals surface area (Å²) in [5, 5.41) is 21.0. The summed E-state index contributed by atoms with van der Waals surface area (Å²) in [6.45, 7) is 12.2. The fraction of sp³-hybridized carbons (Fsp3) is 0.600. The lowest BCUT2D eigenvalue weighted by atomic mass is 9.43. The number of aliphatic hydroxyl groups excluding tert-OH is 2. The molecule has 0 unspecified atom stereocenters. The van der Waals surface area contributed by atoms with Crippen molar-refractivity contribution in [3.63, 3.8) is 0 Å². The van der Waals surface area contributed by atoms with E-state index in [9.17, 15) is 19.8 Å². The zero-order valence-electron chi connectivity index (χ0n) is 22.0. The Labute approximate surface area is 208 Å². The van der Waals surface area contributed by atoms with E-state index in [2.05, 4.69) is 13.8 Å². The molecule has 190 valence electrons. The molecule has 5 heteroatoms. The third-order valence-corrected chi connectivity index (χ3v) is 9.89. The zero-order valence-corrected chi connectivity index (χ0v) is 22.0. The number of carbonyl (C=O) groups excluding carboxylic acids is 1. The van der Waals surface area contributed by atoms with Crippen LogP contribution in [-0.2, 0) is 4.79 Å². The van der Waals surface area contributed by atoms with Gasteiger partial charge in [-0.05, 0) is 87.0 Å². The minimum atomic E-state index is -0.522. The third kappa shape index (κ3) is 4.01. The van der Waals surface area contributed by atoms with E-state index in [0.29, 0.717) is 24.2 Å². The zero-order chi connectivity index (χ0) is 25.8. The number of rotatable bonds is 4. The van der Waals surface area contributed by atoms with Crippen molar-refractivity contribution in [2.24, 2.45) is 28.1 Å². The summed E-state index contributed by atoms with van der Waals surface area (Å²) in [6.07, 6.45) is 9.19. The Morgan fingerprint density at radius 1 is 1.11 bits per heavy atom. The van der Waals surface area contributed by atoms with Gasteiger partial charge in [-0.2, -0.15) is 0 Å². The van der Waals surface area contributed by atoms with E-state index >= 15 is 0 Å². The van der Waals surface area contributed by atoms with Gasteiger partial charge in [-0.25, -0.2) is 4.79 Å². The number of hydrogen-bond donors (Lipinski definition) is 2. The molecule has 5 nitrogen and oxygen atoms in total. The molecule has 1 heterocycles. The van der Waals surface area contributed by atoms with Gasteiger partial charge in [0.05, 0.1) is 12.7 Å². The number of aryl methyl sites for hydroxylation is 1. The van der Waals surface area contributed by atoms with Crippen LogP contribution in [0.3, 0.4) is 0 Å². The Morgan fingerprint density at radius 2 is 1.83 bits per heavy atom. The number of Topliss-reactive ketones (excluding diaryl/α,β-unsaturated/α-hetero) is 1. The van der Waals surface area contributed by atoms with E-state index in [1.54, 1.807) is 19.1 Å². The van der Waals surface area contributed by atoms with Gasteiger partial charge in [-0.15, -0.1) is 0 Å². The summed E-state index contributed by atoms with van der Waals surface area (Å²) in [6, 6.07) is 3.56. The van der Waals surface area contributed by atoms with Crippen molar-refractivity contribution < 1.29 is 19.4 Å². The quantitative estimate of drug-likeness (QED) is 0.446. The van der Waals surface area contributed by atoms with Gasteiger partial charge in [0.15, 0.2) is 5.78 Å². The maximum Gasteiger partial charge on any atom is 0.339 e. The normalized spacial score (nSPS) is 39.0. The summed E-state index contributed by atoms with van der Waals surface area (Å²) < 4.78 is 5.37. The first-order valence-electron chi connectivity index (χ1n) is 12.9. The topological polar surface area (TPSA) is 87.7 Å². The number of aliphatic hydroxyl groups is 2. The van der Waals surface area contributed by atoms with Crippen LogP contribution in [0.15, 0.2) is 50.7 Å². The molecule has 1 aromatic heterocycles. The number of carbonyl (C=O) groups is 1. The maximum absolute atomic E-state index is 13.4. The van der Waals surface area contributed by atoms with Crippen molar-refractivity contribution in [3.05, 3.63) is 63.3 Å². The van der Waals surface area contributed by atoms with Crippen LogP contribution >= 0.6 is 0 Å². The van der Waals surface area contributed by atoms with Crippen LogP contribution in [0.2, 0.25) is 0 Å². The fourth-order valence-corrected chi connectivity index (χ4v) is 7.81. The monoisotopic (exact) mass is 480 g/mol. The van der Waals surface area contributed by atoms with Crippen molar-refractivity contribution >= 4 is 11.4 Å². The highest BCUT2D eigenvalue weighted by atomic mass is 16.4. The van der Waals surface area contributed by atoms with Crippen molar-refractivity contribution in [1.29, 1.82) is 0 Å². The molecule has 0 spiro atoms. The molecule has 0 amide bonds. The van der Waals surface area contributed by atoms with Crippen LogP contribution in [0.1, 0.15) is 78.0 Å². The molecule has 0 aliphatic heterocycles. The molecule has 3 saturated carbocycles. The Balaban J connectivity index is 1.64. The lowest BCUT2D eigenvalue weighted by Crippen LogP contribution is -2.59. The second-order valence-corrected chi connectivity index (χ2v) is 11.9. The molecule has 3 fully saturated rings. The van der Waals surface area contributed by atoms with Gasteiger partial charge in [0.1, 0.15) is 5.76 Å². The first-order chi connectivity index (χ1) is 16.4. The SMILES string of the molecule is CC(/C=C/C=C(\C)c1ccc(C)c(=O)o1)=C1C(=O)C[C@H]2[C@@]3(C)CC[C@H](O)[C@](C)(CO)[C@@H]3CC[C@]12C. The predicted molar refractivity (Wildman–Crippen MR) is 138 cm³/mol. The van der Waals surface area contributed by atoms with E-state index in [4.69, 9.17) is 4.42 Å². The molecular formula is C30H40O5. The highest BCUT2D eigenvalue weighted by Gasteiger charge is 2.65. The van der Waals surface area contributed by atoms with E-state index in [0.717, 1.165) is 36.0 Å². The number of ketones is 1. The lowest BCUT2D eigenvalue weighted by molar-refractivity contribution is -0.178. The Hall–Kier alpha value is -2.24. The summed E-state index contributed by atoms with van der Waals surface area (Å²) in [5.41, 5.74) is 2.18. The smallest absolute Gasteiger partial charge is 0.339 e. The van der Waals surface area contributed by atoms with Gasteiger partial charge < -0.3 is 14.6 Å². The van der Waals surface area contributed by atoms with Crippen LogP contribution in [0.4, 0.5) is 0 Å². The molecule has 1 aromatic rings. The van der Waals surface area contributed by atoms with Crippen LogP contribution in [0.25, 0.3) is 5.57 Å². The van der Waals surface area contributed by atoms with E-state index < -0.39 is 11.5 Å². The second-order valence-electron chi connectivity index (χ2n) is 11.9. The van der Waals surface area contributed by atoms with Crippen molar-refractivity contribution in [3.8, 4) is 0 Å². The van der Waals surface area contributed by atoms with E-state index in [1.807, 2.05) is 39.0 Å². The molecule has 0 saturated heterocycles. The molecule has 2 N–H and O–H groups in total. The second kappa shape index (κ2) is 9.01. The molecule has 0 bridgehead atoms. The molecule has 35 heavy (non-hydrogen) atoms. The van der Waals surface area contributed by atoms with Crippen molar-refractivity contribution in [2.75, 3.05) is 6.61 Å². The fourth-order valence-electron chi connectivity index (χ4n) is 7.81. The molecule has 4 rings (SSSR count). The molecule has 0 radical (unpaired) electrons. The van der Waals surface area contributed by atoms with Crippen LogP contribution in [0, 0.1) is 35.0 Å². The summed E-state index contributed by atoms with van der Waals surface area (Å²) in [5.74, 6) is 1.16. The Bertz CT molecular complexity index is 1170. The third-order valence-electron chi connectivity index (χ3n) is 9.89. The van der Waals surface area contributed by atoms with E-state index in [1.165, 1.54) is 0 Å². The molecule has 6 atom stereocenters. The minimum absolute atomic E-state index is 0.0247. The van der Waals surface area contributed by atoms with Gasteiger partial charge in [0.2, 0.25) is 0 Å². The summed E-state index contributed by atoms with van der Waals surface area (Å²) in [7, 11) is 0. The molecule has 0 aromatic carbocycles. The number of fused-ring (bicyclic) bond motifs is 3. The van der Waals surface area contributed by atoms with Gasteiger partial charge in [-0.3, -0.25) is 4.79 Å².